The molecule has 0 N–H and O–H groups in total. The van der Waals surface area contributed by atoms with Crippen LogP contribution in [0.5, 0.6) is 0 Å². The average Bonchev–Trinajstić information content (AvgIpc) is 2.55. The molecule has 0 radical (unpaired) electrons. The highest BCUT2D eigenvalue weighted by Gasteiger charge is 2.29. The monoisotopic (exact) mass is 304 g/mol. The van der Waals surface area contributed by atoms with E-state index in [4.69, 9.17) is 9.47 Å². The Labute approximate surface area is 134 Å². The minimum Gasteiger partial charge on any atom is -0.456 e. The van der Waals surface area contributed by atoms with Crippen molar-refractivity contribution in [3.05, 3.63) is 48.6 Å². The van der Waals surface area contributed by atoms with Crippen LogP contribution in [-0.2, 0) is 19.9 Å². The number of hydrogen-bond donors (Lipinski definition) is 0. The molecule has 122 valence electrons. The molecule has 0 aliphatic carbocycles. The number of hydrogen-bond acceptors (Lipinski definition) is 3. The van der Waals surface area contributed by atoms with Gasteiger partial charge in [-0.1, -0.05) is 50.8 Å². The predicted molar refractivity (Wildman–Crippen MR) is 89.6 cm³/mol. The molecular weight excluding hydrogens is 276 g/mol. The molecule has 0 spiro atoms. The van der Waals surface area contributed by atoms with Crippen LogP contribution in [0.4, 0.5) is 0 Å². The van der Waals surface area contributed by atoms with Crippen LogP contribution in [0.2, 0.25) is 0 Å². The highest BCUT2D eigenvalue weighted by Crippen LogP contribution is 2.30. The molecule has 2 atom stereocenters. The zero-order valence-electron chi connectivity index (χ0n) is 14.2. The first-order chi connectivity index (χ1) is 10.4. The maximum absolute atomic E-state index is 11.4. The van der Waals surface area contributed by atoms with Crippen molar-refractivity contribution in [2.45, 2.75) is 58.2 Å². The van der Waals surface area contributed by atoms with Gasteiger partial charge in [-0.15, -0.1) is 0 Å². The Morgan fingerprint density at radius 2 is 1.82 bits per heavy atom. The lowest BCUT2D eigenvalue weighted by molar-refractivity contribution is -0.155. The fourth-order valence-electron chi connectivity index (χ4n) is 2.26. The van der Waals surface area contributed by atoms with Gasteiger partial charge in [-0.05, 0) is 32.3 Å². The minimum atomic E-state index is -0.517. The van der Waals surface area contributed by atoms with Gasteiger partial charge in [0.1, 0.15) is 5.60 Å². The minimum absolute atomic E-state index is 0.321. The maximum Gasteiger partial charge on any atom is 0.330 e. The number of carbonyl (C=O) groups excluding carboxylic acids is 1. The first kappa shape index (κ1) is 18.4. The third-order valence-electron chi connectivity index (χ3n) is 4.37. The molecule has 1 aromatic carbocycles. The summed E-state index contributed by atoms with van der Waals surface area (Å²) in [6.45, 7) is 12.1. The Bertz CT molecular complexity index is 483. The van der Waals surface area contributed by atoms with E-state index in [0.29, 0.717) is 13.0 Å². The fraction of sp³-hybridized carbons (Fsp3) is 0.526. The second-order valence-corrected chi connectivity index (χ2v) is 5.98. The van der Waals surface area contributed by atoms with Crippen molar-refractivity contribution in [2.75, 3.05) is 6.61 Å². The molecule has 0 bridgehead atoms. The molecule has 1 aromatic rings. The molecular formula is C19H28O3. The van der Waals surface area contributed by atoms with Crippen molar-refractivity contribution in [1.29, 1.82) is 0 Å². The molecule has 0 aliphatic rings. The van der Waals surface area contributed by atoms with Gasteiger partial charge in [0.25, 0.3) is 0 Å². The van der Waals surface area contributed by atoms with Crippen LogP contribution < -0.4 is 0 Å². The van der Waals surface area contributed by atoms with E-state index >= 15 is 0 Å². The molecule has 0 aliphatic heterocycles. The number of ether oxygens (including phenoxy) is 2. The SMILES string of the molecule is C=CC(=O)OC(C)(CC)CCOC(C)(CC)c1ccccc1. The predicted octanol–water partition coefficient (Wildman–Crippen LogP) is 4.62. The van der Waals surface area contributed by atoms with E-state index < -0.39 is 5.60 Å². The van der Waals surface area contributed by atoms with Crippen molar-refractivity contribution in [3.8, 4) is 0 Å². The molecule has 0 saturated carbocycles. The van der Waals surface area contributed by atoms with Gasteiger partial charge in [0.2, 0.25) is 0 Å². The topological polar surface area (TPSA) is 35.5 Å². The summed E-state index contributed by atoms with van der Waals surface area (Å²) in [7, 11) is 0. The summed E-state index contributed by atoms with van der Waals surface area (Å²) in [4.78, 5) is 11.4. The molecule has 2 unspecified atom stereocenters. The fourth-order valence-corrected chi connectivity index (χ4v) is 2.26. The normalized spacial score (nSPS) is 16.4. The number of carbonyl (C=O) groups is 1. The maximum atomic E-state index is 11.4. The highest BCUT2D eigenvalue weighted by atomic mass is 16.6. The first-order valence-electron chi connectivity index (χ1n) is 7.94. The lowest BCUT2D eigenvalue weighted by Gasteiger charge is -2.33. The molecule has 0 aromatic heterocycles. The van der Waals surface area contributed by atoms with Crippen LogP contribution in [0.1, 0.15) is 52.5 Å². The van der Waals surface area contributed by atoms with Crippen molar-refractivity contribution >= 4 is 5.97 Å². The van der Waals surface area contributed by atoms with Crippen LogP contribution >= 0.6 is 0 Å². The summed E-state index contributed by atoms with van der Waals surface area (Å²) in [6, 6.07) is 10.2. The molecule has 3 nitrogen and oxygen atoms in total. The molecule has 1 rings (SSSR count). The zero-order chi connectivity index (χ0) is 16.6. The van der Waals surface area contributed by atoms with E-state index in [1.54, 1.807) is 0 Å². The van der Waals surface area contributed by atoms with Gasteiger partial charge in [0.15, 0.2) is 0 Å². The second kappa shape index (κ2) is 8.14. The van der Waals surface area contributed by atoms with Gasteiger partial charge in [-0.25, -0.2) is 4.79 Å². The quantitative estimate of drug-likeness (QED) is 0.493. The van der Waals surface area contributed by atoms with E-state index in [1.165, 1.54) is 11.6 Å². The summed E-state index contributed by atoms with van der Waals surface area (Å²) in [6.07, 6.45) is 3.48. The third kappa shape index (κ3) is 4.99. The van der Waals surface area contributed by atoms with Gasteiger partial charge < -0.3 is 9.47 Å². The molecule has 0 heterocycles. The Balaban J connectivity index is 2.67. The van der Waals surface area contributed by atoms with E-state index in [0.717, 1.165) is 12.8 Å². The summed E-state index contributed by atoms with van der Waals surface area (Å²) in [5.41, 5.74) is 0.327. The Morgan fingerprint density at radius 3 is 2.32 bits per heavy atom. The highest BCUT2D eigenvalue weighted by molar-refractivity contribution is 5.81. The van der Waals surface area contributed by atoms with Crippen LogP contribution in [0.15, 0.2) is 43.0 Å². The summed E-state index contributed by atoms with van der Waals surface area (Å²) in [5, 5.41) is 0. The summed E-state index contributed by atoms with van der Waals surface area (Å²) in [5.74, 6) is -0.384. The molecule has 0 amide bonds. The van der Waals surface area contributed by atoms with Gasteiger partial charge in [-0.2, -0.15) is 0 Å². The van der Waals surface area contributed by atoms with E-state index in [2.05, 4.69) is 32.6 Å². The zero-order valence-corrected chi connectivity index (χ0v) is 14.2. The average molecular weight is 304 g/mol. The van der Waals surface area contributed by atoms with E-state index in [1.807, 2.05) is 32.0 Å². The molecule has 0 saturated heterocycles. The lowest BCUT2D eigenvalue weighted by Crippen LogP contribution is -2.34. The van der Waals surface area contributed by atoms with Gasteiger partial charge in [0.05, 0.1) is 12.2 Å². The van der Waals surface area contributed by atoms with Crippen LogP contribution in [0, 0.1) is 0 Å². The number of rotatable bonds is 9. The number of esters is 1. The van der Waals surface area contributed by atoms with Crippen molar-refractivity contribution in [1.82, 2.24) is 0 Å². The first-order valence-corrected chi connectivity index (χ1v) is 7.94. The van der Waals surface area contributed by atoms with Crippen molar-refractivity contribution in [2.24, 2.45) is 0 Å². The van der Waals surface area contributed by atoms with Crippen LogP contribution in [-0.4, -0.2) is 18.2 Å². The number of benzene rings is 1. The Kier molecular flexibility index (Phi) is 6.82. The molecule has 22 heavy (non-hydrogen) atoms. The van der Waals surface area contributed by atoms with Crippen LogP contribution in [0.3, 0.4) is 0 Å². The lowest BCUT2D eigenvalue weighted by atomic mass is 9.92. The summed E-state index contributed by atoms with van der Waals surface area (Å²) >= 11 is 0. The third-order valence-corrected chi connectivity index (χ3v) is 4.37. The van der Waals surface area contributed by atoms with E-state index in [-0.39, 0.29) is 11.6 Å². The van der Waals surface area contributed by atoms with Crippen LogP contribution in [0.25, 0.3) is 0 Å². The van der Waals surface area contributed by atoms with Gasteiger partial charge in [0, 0.05) is 12.5 Å². The summed E-state index contributed by atoms with van der Waals surface area (Å²) < 4.78 is 11.6. The largest absolute Gasteiger partial charge is 0.456 e. The molecule has 3 heteroatoms. The molecule has 0 fully saturated rings. The standard InChI is InChI=1S/C19H28O3/c1-6-17(20)22-18(4,7-2)14-15-21-19(5,8-3)16-12-10-9-11-13-16/h6,9-13H,1,7-8,14-15H2,2-5H3. The van der Waals surface area contributed by atoms with Gasteiger partial charge >= 0.3 is 5.97 Å². The van der Waals surface area contributed by atoms with Gasteiger partial charge in [-0.3, -0.25) is 0 Å². The van der Waals surface area contributed by atoms with Crippen molar-refractivity contribution < 1.29 is 14.3 Å². The second-order valence-electron chi connectivity index (χ2n) is 5.98. The van der Waals surface area contributed by atoms with Crippen molar-refractivity contribution in [3.63, 3.8) is 0 Å². The smallest absolute Gasteiger partial charge is 0.330 e. The van der Waals surface area contributed by atoms with E-state index in [9.17, 15) is 4.79 Å². The Morgan fingerprint density at radius 1 is 1.18 bits per heavy atom. The Hall–Kier alpha value is -1.61.